The van der Waals surface area contributed by atoms with Gasteiger partial charge in [0, 0.05) is 10.2 Å². The first-order valence-electron chi connectivity index (χ1n) is 5.15. The molecule has 2 nitrogen and oxygen atoms in total. The molecular weight excluding hydrogens is 264 g/mol. The molecule has 1 atom stereocenters. The number of anilines is 1. The summed E-state index contributed by atoms with van der Waals surface area (Å²) in [6.45, 7) is 5.57. The topological polar surface area (TPSA) is 35.8 Å². The minimum Gasteiger partial charge on any atom is -0.368 e. The van der Waals surface area contributed by atoms with Crippen molar-refractivity contribution in [2.75, 3.05) is 5.32 Å². The number of halogens is 1. The second kappa shape index (κ2) is 5.72. The lowest BCUT2D eigenvalue weighted by molar-refractivity contribution is 0.596. The van der Waals surface area contributed by atoms with Crippen molar-refractivity contribution < 1.29 is 0 Å². The summed E-state index contributed by atoms with van der Waals surface area (Å²) in [5, 5.41) is 12.4. The van der Waals surface area contributed by atoms with Crippen molar-refractivity contribution in [3.8, 4) is 6.07 Å². The largest absolute Gasteiger partial charge is 0.368 e. The Balaban J connectivity index is 2.77. The van der Waals surface area contributed by atoms with Crippen LogP contribution in [0.15, 0.2) is 41.4 Å². The highest BCUT2D eigenvalue weighted by atomic mass is 79.9. The maximum atomic E-state index is 9.18. The number of hydrogen-bond acceptors (Lipinski definition) is 2. The van der Waals surface area contributed by atoms with Gasteiger partial charge in [-0.15, -0.1) is 6.58 Å². The van der Waals surface area contributed by atoms with E-state index >= 15 is 0 Å². The molecule has 0 amide bonds. The summed E-state index contributed by atoms with van der Waals surface area (Å²) in [5.41, 5.74) is 0.400. The monoisotopic (exact) mass is 278 g/mol. The van der Waals surface area contributed by atoms with Crippen LogP contribution < -0.4 is 5.32 Å². The van der Waals surface area contributed by atoms with Gasteiger partial charge in [-0.1, -0.05) is 28.1 Å². The third kappa shape index (κ3) is 3.71. The van der Waals surface area contributed by atoms with Crippen molar-refractivity contribution in [3.63, 3.8) is 0 Å². The molecule has 0 bridgehead atoms. The van der Waals surface area contributed by atoms with Gasteiger partial charge < -0.3 is 5.32 Å². The average Bonchev–Trinajstić information content (AvgIpc) is 2.26. The van der Waals surface area contributed by atoms with Crippen LogP contribution in [0.25, 0.3) is 0 Å². The molecule has 3 heteroatoms. The summed E-state index contributed by atoms with van der Waals surface area (Å²) in [4.78, 5) is 0. The molecule has 0 saturated carbocycles. The molecule has 0 radical (unpaired) electrons. The molecule has 1 unspecified atom stereocenters. The van der Waals surface area contributed by atoms with E-state index in [1.165, 1.54) is 0 Å². The van der Waals surface area contributed by atoms with Crippen LogP contribution in [0.5, 0.6) is 0 Å². The lowest BCUT2D eigenvalue weighted by Gasteiger charge is -2.24. The highest BCUT2D eigenvalue weighted by Crippen LogP contribution is 2.22. The van der Waals surface area contributed by atoms with Gasteiger partial charge in [0.15, 0.2) is 0 Å². The van der Waals surface area contributed by atoms with Crippen LogP contribution in [0.1, 0.15) is 19.8 Å². The van der Waals surface area contributed by atoms with E-state index < -0.39 is 5.54 Å². The van der Waals surface area contributed by atoms with Crippen LogP contribution in [0.3, 0.4) is 0 Å². The van der Waals surface area contributed by atoms with E-state index in [2.05, 4.69) is 33.9 Å². The van der Waals surface area contributed by atoms with Crippen molar-refractivity contribution >= 4 is 21.6 Å². The first kappa shape index (κ1) is 12.8. The van der Waals surface area contributed by atoms with Gasteiger partial charge in [0.1, 0.15) is 5.54 Å². The van der Waals surface area contributed by atoms with Crippen LogP contribution in [0, 0.1) is 11.3 Å². The second-order valence-electron chi connectivity index (χ2n) is 3.91. The number of nitrogens with zero attached hydrogens (tertiary/aromatic N) is 1. The van der Waals surface area contributed by atoms with Crippen molar-refractivity contribution in [1.29, 1.82) is 5.26 Å². The molecule has 1 N–H and O–H groups in total. The lowest BCUT2D eigenvalue weighted by Crippen LogP contribution is -2.32. The van der Waals surface area contributed by atoms with E-state index in [4.69, 9.17) is 0 Å². The molecule has 84 valence electrons. The van der Waals surface area contributed by atoms with Gasteiger partial charge in [-0.3, -0.25) is 0 Å². The van der Waals surface area contributed by atoms with Crippen LogP contribution in [0.2, 0.25) is 0 Å². The van der Waals surface area contributed by atoms with Gasteiger partial charge in [0.25, 0.3) is 0 Å². The van der Waals surface area contributed by atoms with Crippen LogP contribution in [-0.2, 0) is 0 Å². The third-order valence-corrected chi connectivity index (χ3v) is 2.83. The van der Waals surface area contributed by atoms with E-state index in [0.29, 0.717) is 0 Å². The van der Waals surface area contributed by atoms with Gasteiger partial charge >= 0.3 is 0 Å². The van der Waals surface area contributed by atoms with Crippen LogP contribution in [-0.4, -0.2) is 5.54 Å². The quantitative estimate of drug-likeness (QED) is 0.823. The average molecular weight is 279 g/mol. The van der Waals surface area contributed by atoms with Crippen molar-refractivity contribution in [3.05, 3.63) is 41.4 Å². The number of rotatable bonds is 5. The summed E-state index contributed by atoms with van der Waals surface area (Å²) in [5.74, 6) is 0. The van der Waals surface area contributed by atoms with E-state index in [9.17, 15) is 5.26 Å². The second-order valence-corrected chi connectivity index (χ2v) is 4.82. The minimum atomic E-state index is -0.547. The fourth-order valence-electron chi connectivity index (χ4n) is 1.42. The Hall–Kier alpha value is -1.27. The number of nitrogens with one attached hydrogen (secondary N) is 1. The zero-order valence-electron chi connectivity index (χ0n) is 9.33. The number of nitriles is 1. The Bertz CT molecular complexity index is 409. The Morgan fingerprint density at radius 3 is 2.94 bits per heavy atom. The van der Waals surface area contributed by atoms with Crippen molar-refractivity contribution in [1.82, 2.24) is 0 Å². The Kier molecular flexibility index (Phi) is 4.57. The predicted octanol–water partition coefficient (Wildman–Crippen LogP) is 4.11. The smallest absolute Gasteiger partial charge is 0.122 e. The summed E-state index contributed by atoms with van der Waals surface area (Å²) < 4.78 is 1.00. The van der Waals surface area contributed by atoms with Crippen LogP contribution in [0.4, 0.5) is 5.69 Å². The molecule has 0 fully saturated rings. The van der Waals surface area contributed by atoms with Crippen molar-refractivity contribution in [2.24, 2.45) is 0 Å². The van der Waals surface area contributed by atoms with Gasteiger partial charge in [-0.05, 0) is 38.0 Å². The molecule has 1 aromatic rings. The Labute approximate surface area is 105 Å². The fourth-order valence-corrected chi connectivity index (χ4v) is 1.82. The molecule has 1 rings (SSSR count). The van der Waals surface area contributed by atoms with E-state index in [1.54, 1.807) is 0 Å². The Morgan fingerprint density at radius 2 is 2.38 bits per heavy atom. The van der Waals surface area contributed by atoms with Crippen molar-refractivity contribution in [2.45, 2.75) is 25.3 Å². The van der Waals surface area contributed by atoms with Gasteiger partial charge in [0.2, 0.25) is 0 Å². The maximum absolute atomic E-state index is 9.18. The van der Waals surface area contributed by atoms with Gasteiger partial charge in [-0.25, -0.2) is 0 Å². The molecule has 16 heavy (non-hydrogen) atoms. The molecule has 0 spiro atoms. The number of benzene rings is 1. The highest BCUT2D eigenvalue weighted by Gasteiger charge is 2.22. The summed E-state index contributed by atoms with van der Waals surface area (Å²) in [7, 11) is 0. The zero-order chi connectivity index (χ0) is 12.0. The third-order valence-electron chi connectivity index (χ3n) is 2.34. The normalized spacial score (nSPS) is 13.6. The summed E-state index contributed by atoms with van der Waals surface area (Å²) in [6.07, 6.45) is 3.41. The first-order chi connectivity index (χ1) is 7.59. The molecule has 0 aromatic heterocycles. The maximum Gasteiger partial charge on any atom is 0.122 e. The first-order valence-corrected chi connectivity index (χ1v) is 5.95. The van der Waals surface area contributed by atoms with Gasteiger partial charge in [-0.2, -0.15) is 5.26 Å². The van der Waals surface area contributed by atoms with E-state index in [0.717, 1.165) is 23.0 Å². The molecule has 0 heterocycles. The van der Waals surface area contributed by atoms with E-state index in [1.807, 2.05) is 37.3 Å². The fraction of sp³-hybridized carbons (Fsp3) is 0.308. The standard InChI is InChI=1S/C13H15BrN2/c1-3-4-8-13(2,10-15)16-12-7-5-6-11(14)9-12/h3,5-7,9,16H,1,4,8H2,2H3. The molecular formula is C13H15BrN2. The molecule has 0 saturated heterocycles. The number of allylic oxidation sites excluding steroid dienone is 1. The summed E-state index contributed by atoms with van der Waals surface area (Å²) in [6, 6.07) is 10.1. The lowest BCUT2D eigenvalue weighted by atomic mass is 9.97. The predicted molar refractivity (Wildman–Crippen MR) is 71.2 cm³/mol. The highest BCUT2D eigenvalue weighted by molar-refractivity contribution is 9.10. The molecule has 0 aliphatic heterocycles. The molecule has 1 aromatic carbocycles. The number of hydrogen-bond donors (Lipinski definition) is 1. The van der Waals surface area contributed by atoms with Gasteiger partial charge in [0.05, 0.1) is 6.07 Å². The Morgan fingerprint density at radius 1 is 1.62 bits per heavy atom. The minimum absolute atomic E-state index is 0.547. The zero-order valence-corrected chi connectivity index (χ0v) is 10.9. The van der Waals surface area contributed by atoms with Crippen LogP contribution >= 0.6 is 15.9 Å². The summed E-state index contributed by atoms with van der Waals surface area (Å²) >= 11 is 3.41. The van der Waals surface area contributed by atoms with E-state index in [-0.39, 0.29) is 0 Å². The molecule has 0 aliphatic rings. The SMILES string of the molecule is C=CCCC(C)(C#N)Nc1cccc(Br)c1. The molecule has 0 aliphatic carbocycles.